The fourth-order valence-electron chi connectivity index (χ4n) is 1.85. The Kier molecular flexibility index (Phi) is 3.61. The van der Waals surface area contributed by atoms with Crippen molar-refractivity contribution >= 4 is 23.2 Å². The smallest absolute Gasteiger partial charge is 0.227 e. The number of hydrogen-bond acceptors (Lipinski definition) is 2. The first-order chi connectivity index (χ1) is 9.72. The Hall–Kier alpha value is -2.00. The molecule has 1 N–H and O–H groups in total. The zero-order valence-corrected chi connectivity index (χ0v) is 11.6. The number of para-hydroxylation sites is 1. The Bertz CT molecular complexity index is 621. The number of rotatable bonds is 4. The number of benzene rings is 2. The van der Waals surface area contributed by atoms with E-state index in [0.29, 0.717) is 16.5 Å². The second kappa shape index (κ2) is 5.55. The molecule has 1 aliphatic carbocycles. The molecule has 1 aliphatic rings. The molecule has 0 radical (unpaired) electrons. The summed E-state index contributed by atoms with van der Waals surface area (Å²) in [5, 5.41) is 3.45. The standard InChI is InChI=1S/C16H14ClNO2/c17-14-3-1-2-4-15(14)20-13-9-7-12(8-10-13)18-16(19)11-5-6-11/h1-4,7-11H,5-6H2,(H,18,19). The Morgan fingerprint density at radius 1 is 1.10 bits per heavy atom. The molecule has 0 heterocycles. The van der Waals surface area contributed by atoms with Gasteiger partial charge in [0.25, 0.3) is 0 Å². The third kappa shape index (κ3) is 3.11. The first-order valence-electron chi connectivity index (χ1n) is 6.56. The van der Waals surface area contributed by atoms with Crippen LogP contribution in [0.25, 0.3) is 0 Å². The van der Waals surface area contributed by atoms with E-state index in [-0.39, 0.29) is 11.8 Å². The van der Waals surface area contributed by atoms with Gasteiger partial charge in [-0.25, -0.2) is 0 Å². The molecule has 0 unspecified atom stereocenters. The lowest BCUT2D eigenvalue weighted by molar-refractivity contribution is -0.117. The second-order valence-electron chi connectivity index (χ2n) is 4.82. The van der Waals surface area contributed by atoms with Crippen molar-refractivity contribution in [3.63, 3.8) is 0 Å². The van der Waals surface area contributed by atoms with Crippen LogP contribution >= 0.6 is 11.6 Å². The van der Waals surface area contributed by atoms with Gasteiger partial charge in [0.2, 0.25) is 5.91 Å². The average molecular weight is 288 g/mol. The summed E-state index contributed by atoms with van der Waals surface area (Å²) in [6, 6.07) is 14.6. The van der Waals surface area contributed by atoms with Gasteiger partial charge in [0, 0.05) is 11.6 Å². The van der Waals surface area contributed by atoms with Gasteiger partial charge in [-0.1, -0.05) is 23.7 Å². The first kappa shape index (κ1) is 13.0. The molecule has 0 atom stereocenters. The number of amides is 1. The van der Waals surface area contributed by atoms with Crippen LogP contribution in [0.4, 0.5) is 5.69 Å². The Morgan fingerprint density at radius 2 is 1.80 bits per heavy atom. The third-order valence-electron chi connectivity index (χ3n) is 3.13. The number of carbonyl (C=O) groups excluding carboxylic acids is 1. The predicted octanol–water partition coefficient (Wildman–Crippen LogP) is 4.48. The number of anilines is 1. The van der Waals surface area contributed by atoms with E-state index >= 15 is 0 Å². The van der Waals surface area contributed by atoms with E-state index in [4.69, 9.17) is 16.3 Å². The van der Waals surface area contributed by atoms with Gasteiger partial charge >= 0.3 is 0 Å². The van der Waals surface area contributed by atoms with Crippen molar-refractivity contribution in [1.29, 1.82) is 0 Å². The minimum absolute atomic E-state index is 0.102. The number of hydrogen-bond donors (Lipinski definition) is 1. The van der Waals surface area contributed by atoms with Crippen molar-refractivity contribution in [2.45, 2.75) is 12.8 Å². The van der Waals surface area contributed by atoms with Crippen LogP contribution in [-0.2, 0) is 4.79 Å². The molecule has 2 aromatic rings. The Labute approximate surface area is 122 Å². The van der Waals surface area contributed by atoms with Crippen molar-refractivity contribution < 1.29 is 9.53 Å². The van der Waals surface area contributed by atoms with E-state index in [1.165, 1.54) is 0 Å². The van der Waals surface area contributed by atoms with Crippen LogP contribution in [0.1, 0.15) is 12.8 Å². The molecule has 0 aromatic heterocycles. The fourth-order valence-corrected chi connectivity index (χ4v) is 2.02. The van der Waals surface area contributed by atoms with Crippen LogP contribution in [0, 0.1) is 5.92 Å². The summed E-state index contributed by atoms with van der Waals surface area (Å²) in [4.78, 5) is 11.6. The summed E-state index contributed by atoms with van der Waals surface area (Å²) >= 11 is 6.03. The molecule has 102 valence electrons. The molecule has 1 fully saturated rings. The molecule has 1 amide bonds. The van der Waals surface area contributed by atoms with E-state index in [1.54, 1.807) is 6.07 Å². The zero-order chi connectivity index (χ0) is 13.9. The van der Waals surface area contributed by atoms with Crippen LogP contribution < -0.4 is 10.1 Å². The van der Waals surface area contributed by atoms with E-state index in [9.17, 15) is 4.79 Å². The number of halogens is 1. The quantitative estimate of drug-likeness (QED) is 0.900. The Balaban J connectivity index is 1.66. The highest BCUT2D eigenvalue weighted by molar-refractivity contribution is 6.32. The minimum atomic E-state index is 0.102. The lowest BCUT2D eigenvalue weighted by Crippen LogP contribution is -2.12. The highest BCUT2D eigenvalue weighted by atomic mass is 35.5. The molecule has 3 rings (SSSR count). The topological polar surface area (TPSA) is 38.3 Å². The highest BCUT2D eigenvalue weighted by Gasteiger charge is 2.29. The number of carbonyl (C=O) groups is 1. The van der Waals surface area contributed by atoms with Gasteiger partial charge < -0.3 is 10.1 Å². The van der Waals surface area contributed by atoms with E-state index in [0.717, 1.165) is 18.5 Å². The van der Waals surface area contributed by atoms with Crippen molar-refractivity contribution in [3.8, 4) is 11.5 Å². The number of nitrogens with one attached hydrogen (secondary N) is 1. The molecule has 0 spiro atoms. The molecule has 0 bridgehead atoms. The molecule has 0 aliphatic heterocycles. The van der Waals surface area contributed by atoms with Gasteiger partial charge in [-0.05, 0) is 49.2 Å². The van der Waals surface area contributed by atoms with Crippen LogP contribution in [0.3, 0.4) is 0 Å². The maximum absolute atomic E-state index is 11.6. The molecule has 4 heteroatoms. The predicted molar refractivity (Wildman–Crippen MR) is 79.3 cm³/mol. The van der Waals surface area contributed by atoms with Crippen molar-refractivity contribution in [3.05, 3.63) is 53.6 Å². The van der Waals surface area contributed by atoms with Crippen LogP contribution in [0.15, 0.2) is 48.5 Å². The van der Waals surface area contributed by atoms with E-state index in [2.05, 4.69) is 5.32 Å². The van der Waals surface area contributed by atoms with Crippen molar-refractivity contribution in [2.75, 3.05) is 5.32 Å². The molecule has 0 saturated heterocycles. The summed E-state index contributed by atoms with van der Waals surface area (Å²) in [5.74, 6) is 1.60. The van der Waals surface area contributed by atoms with Crippen molar-refractivity contribution in [2.24, 2.45) is 5.92 Å². The molecular formula is C16H14ClNO2. The fraction of sp³-hybridized carbons (Fsp3) is 0.188. The van der Waals surface area contributed by atoms with Gasteiger partial charge in [0.05, 0.1) is 5.02 Å². The van der Waals surface area contributed by atoms with Gasteiger partial charge in [-0.3, -0.25) is 4.79 Å². The zero-order valence-electron chi connectivity index (χ0n) is 10.8. The first-order valence-corrected chi connectivity index (χ1v) is 6.93. The van der Waals surface area contributed by atoms with Crippen LogP contribution in [0.2, 0.25) is 5.02 Å². The third-order valence-corrected chi connectivity index (χ3v) is 3.45. The van der Waals surface area contributed by atoms with Gasteiger partial charge in [0.1, 0.15) is 11.5 Å². The maximum Gasteiger partial charge on any atom is 0.227 e. The van der Waals surface area contributed by atoms with Crippen LogP contribution in [0.5, 0.6) is 11.5 Å². The van der Waals surface area contributed by atoms with Crippen molar-refractivity contribution in [1.82, 2.24) is 0 Å². The summed E-state index contributed by atoms with van der Waals surface area (Å²) in [6.45, 7) is 0. The minimum Gasteiger partial charge on any atom is -0.456 e. The SMILES string of the molecule is O=C(Nc1ccc(Oc2ccccc2Cl)cc1)C1CC1. The molecule has 3 nitrogen and oxygen atoms in total. The molecule has 2 aromatic carbocycles. The van der Waals surface area contributed by atoms with Gasteiger partial charge in [0.15, 0.2) is 0 Å². The normalized spacial score (nSPS) is 13.8. The lowest BCUT2D eigenvalue weighted by atomic mass is 10.3. The lowest BCUT2D eigenvalue weighted by Gasteiger charge is -2.08. The van der Waals surface area contributed by atoms with Gasteiger partial charge in [-0.15, -0.1) is 0 Å². The summed E-state index contributed by atoms with van der Waals surface area (Å²) < 4.78 is 5.68. The summed E-state index contributed by atoms with van der Waals surface area (Å²) in [5.41, 5.74) is 0.786. The Morgan fingerprint density at radius 3 is 2.45 bits per heavy atom. The number of ether oxygens (including phenoxy) is 1. The largest absolute Gasteiger partial charge is 0.456 e. The van der Waals surface area contributed by atoms with Gasteiger partial charge in [-0.2, -0.15) is 0 Å². The molecule has 1 saturated carbocycles. The monoisotopic (exact) mass is 287 g/mol. The van der Waals surface area contributed by atoms with Crippen LogP contribution in [-0.4, -0.2) is 5.91 Å². The maximum atomic E-state index is 11.6. The highest BCUT2D eigenvalue weighted by Crippen LogP contribution is 2.31. The van der Waals surface area contributed by atoms with E-state index < -0.39 is 0 Å². The average Bonchev–Trinajstić information content (AvgIpc) is 3.28. The second-order valence-corrected chi connectivity index (χ2v) is 5.23. The molecule has 20 heavy (non-hydrogen) atoms. The summed E-state index contributed by atoms with van der Waals surface area (Å²) in [7, 11) is 0. The molecular weight excluding hydrogens is 274 g/mol. The summed E-state index contributed by atoms with van der Waals surface area (Å²) in [6.07, 6.45) is 2.00. The van der Waals surface area contributed by atoms with E-state index in [1.807, 2.05) is 42.5 Å².